The van der Waals surface area contributed by atoms with Crippen molar-refractivity contribution >= 4 is 22.7 Å². The average Bonchev–Trinajstić information content (AvgIpc) is 3.47. The predicted octanol–water partition coefficient (Wildman–Crippen LogP) is 13.8. The molecule has 2 nitrogen and oxygen atoms in total. The molecule has 0 radical (unpaired) electrons. The minimum absolute atomic E-state index is 0.0660. The van der Waals surface area contributed by atoms with E-state index in [9.17, 15) is 0 Å². The fraction of sp³-hybridized carbons (Fsp3) is 0.333. The predicted molar refractivity (Wildman–Crippen MR) is 239 cm³/mol. The Bertz CT molecular complexity index is 2510. The van der Waals surface area contributed by atoms with Crippen molar-refractivity contribution in [3.05, 3.63) is 177 Å². The molecule has 0 bridgehead atoms. The van der Waals surface area contributed by atoms with Gasteiger partial charge in [-0.25, -0.2) is 0 Å². The topological polar surface area (TPSA) is 6.48 Å². The highest BCUT2D eigenvalue weighted by atomic mass is 15.1. The van der Waals surface area contributed by atoms with Crippen molar-refractivity contribution in [2.24, 2.45) is 0 Å². The van der Waals surface area contributed by atoms with E-state index in [2.05, 4.69) is 214 Å². The van der Waals surface area contributed by atoms with Crippen LogP contribution in [0.2, 0.25) is 0 Å². The zero-order valence-electron chi connectivity index (χ0n) is 35.6. The summed E-state index contributed by atoms with van der Waals surface area (Å²) in [6.45, 7) is 23.8. The maximum atomic E-state index is 2.59. The minimum atomic E-state index is -0.515. The molecule has 1 aliphatic carbocycles. The van der Waals surface area contributed by atoms with Crippen LogP contribution in [0.15, 0.2) is 121 Å². The van der Waals surface area contributed by atoms with Crippen LogP contribution in [-0.4, -0.2) is 14.1 Å². The molecule has 0 amide bonds. The Hall–Kier alpha value is -5.08. The molecule has 9 rings (SSSR count). The lowest BCUT2D eigenvalue weighted by Gasteiger charge is -2.43. The Morgan fingerprint density at radius 3 is 1.25 bits per heavy atom. The van der Waals surface area contributed by atoms with Gasteiger partial charge >= 0.3 is 0 Å². The Morgan fingerprint density at radius 2 is 0.839 bits per heavy atom. The smallest absolute Gasteiger partial charge is 0.0715 e. The fourth-order valence-electron chi connectivity index (χ4n) is 10.4. The van der Waals surface area contributed by atoms with E-state index in [1.807, 2.05) is 0 Å². The summed E-state index contributed by atoms with van der Waals surface area (Å²) in [5.41, 5.74) is 20.8. The van der Waals surface area contributed by atoms with Crippen molar-refractivity contribution in [2.45, 2.75) is 103 Å². The lowest BCUT2D eigenvalue weighted by Crippen LogP contribution is -2.34. The highest BCUT2D eigenvalue weighted by Gasteiger charge is 2.50. The number of hydrogen-bond donors (Lipinski definition) is 0. The van der Waals surface area contributed by atoms with Crippen molar-refractivity contribution in [2.75, 3.05) is 23.9 Å². The van der Waals surface area contributed by atoms with E-state index in [0.717, 1.165) is 6.42 Å². The number of benzene rings is 6. The van der Waals surface area contributed by atoms with Crippen LogP contribution in [0.5, 0.6) is 0 Å². The fourth-order valence-corrected chi connectivity index (χ4v) is 10.4. The quantitative estimate of drug-likeness (QED) is 0.178. The molecule has 0 spiro atoms. The molecular formula is C54H58N2. The molecule has 0 aromatic heterocycles. The largest absolute Gasteiger partial charge is 0.344 e. The van der Waals surface area contributed by atoms with Crippen LogP contribution in [0, 0.1) is 0 Å². The number of rotatable bonds is 4. The van der Waals surface area contributed by atoms with Gasteiger partial charge in [0.25, 0.3) is 0 Å². The molecule has 0 unspecified atom stereocenters. The zero-order chi connectivity index (χ0) is 39.7. The molecule has 2 heterocycles. The van der Waals surface area contributed by atoms with Gasteiger partial charge in [-0.05, 0) is 120 Å². The molecule has 0 saturated heterocycles. The standard InChI is InChI=1S/C54H58N2/c1-13-51(5,6)37-25-27-47-43(29-37)53(9,10)45-31-39-38-30-44-48(55(11)46-26-24-36(50(2,3)4)28-42(46)52(44,7)8)32-40(38)54(34-20-16-14-17-21-34,35-22-18-15-19-23-35)41(39)33-49(45)56(47)12/h14-33H,13H2,1-12H3. The molecule has 0 N–H and O–H groups in total. The number of hydrogen-bond acceptors (Lipinski definition) is 2. The third-order valence-electron chi connectivity index (χ3n) is 14.4. The normalized spacial score (nSPS) is 17.0. The highest BCUT2D eigenvalue weighted by molar-refractivity contribution is 5.94. The first-order chi connectivity index (χ1) is 26.4. The molecule has 2 aliphatic heterocycles. The summed E-state index contributed by atoms with van der Waals surface area (Å²) in [7, 11) is 4.55. The van der Waals surface area contributed by atoms with Gasteiger partial charge in [-0.3, -0.25) is 0 Å². The van der Waals surface area contributed by atoms with Crippen molar-refractivity contribution < 1.29 is 0 Å². The molecule has 2 heteroatoms. The second-order valence-corrected chi connectivity index (χ2v) is 19.6. The van der Waals surface area contributed by atoms with Crippen molar-refractivity contribution in [1.82, 2.24) is 0 Å². The average molecular weight is 735 g/mol. The molecular weight excluding hydrogens is 677 g/mol. The summed E-state index contributed by atoms with van der Waals surface area (Å²) in [5.74, 6) is 0. The van der Waals surface area contributed by atoms with Gasteiger partial charge < -0.3 is 9.80 Å². The van der Waals surface area contributed by atoms with Gasteiger partial charge in [-0.2, -0.15) is 0 Å². The van der Waals surface area contributed by atoms with E-state index in [4.69, 9.17) is 0 Å². The van der Waals surface area contributed by atoms with E-state index in [1.54, 1.807) is 0 Å². The second kappa shape index (κ2) is 12.0. The zero-order valence-corrected chi connectivity index (χ0v) is 35.6. The van der Waals surface area contributed by atoms with Crippen molar-refractivity contribution in [3.8, 4) is 11.1 Å². The molecule has 0 saturated carbocycles. The molecule has 56 heavy (non-hydrogen) atoms. The first-order valence-corrected chi connectivity index (χ1v) is 20.7. The summed E-state index contributed by atoms with van der Waals surface area (Å²) in [6.07, 6.45) is 1.10. The van der Waals surface area contributed by atoms with E-state index in [0.29, 0.717) is 0 Å². The van der Waals surface area contributed by atoms with Gasteiger partial charge in [0.15, 0.2) is 0 Å². The van der Waals surface area contributed by atoms with E-state index in [1.165, 1.54) is 89.5 Å². The molecule has 0 atom stereocenters. The molecule has 284 valence electrons. The Kier molecular flexibility index (Phi) is 7.81. The van der Waals surface area contributed by atoms with Crippen molar-refractivity contribution in [3.63, 3.8) is 0 Å². The third-order valence-corrected chi connectivity index (χ3v) is 14.4. The molecule has 3 aliphatic rings. The summed E-state index contributed by atoms with van der Waals surface area (Å²) in [4.78, 5) is 4.92. The van der Waals surface area contributed by atoms with Gasteiger partial charge in [-0.15, -0.1) is 0 Å². The highest BCUT2D eigenvalue weighted by Crippen LogP contribution is 2.62. The van der Waals surface area contributed by atoms with Crippen LogP contribution >= 0.6 is 0 Å². The first kappa shape index (κ1) is 36.6. The summed E-state index contributed by atoms with van der Waals surface area (Å²) in [6, 6.07) is 47.3. The van der Waals surface area contributed by atoms with Crippen LogP contribution in [0.25, 0.3) is 11.1 Å². The molecule has 6 aromatic rings. The molecule has 6 aromatic carbocycles. The third kappa shape index (κ3) is 4.87. The van der Waals surface area contributed by atoms with E-state index in [-0.39, 0.29) is 21.7 Å². The van der Waals surface area contributed by atoms with Crippen LogP contribution in [-0.2, 0) is 27.1 Å². The lowest BCUT2D eigenvalue weighted by atomic mass is 9.65. The van der Waals surface area contributed by atoms with Gasteiger partial charge in [0, 0.05) is 47.7 Å². The summed E-state index contributed by atoms with van der Waals surface area (Å²) in [5, 5.41) is 0. The van der Waals surface area contributed by atoms with Crippen LogP contribution in [0.3, 0.4) is 0 Å². The Labute approximate surface area is 336 Å². The van der Waals surface area contributed by atoms with Crippen LogP contribution < -0.4 is 9.80 Å². The Morgan fingerprint density at radius 1 is 0.446 bits per heavy atom. The van der Waals surface area contributed by atoms with Crippen LogP contribution in [0.1, 0.15) is 131 Å². The SMILES string of the molecule is CCC(C)(C)c1ccc2c(c1)C(C)(C)c1cc3c(cc1N2C)C(c1ccccc1)(c1ccccc1)c1cc2c(cc1-3)C(C)(C)c1cc(C(C)(C)C)ccc1N2C. The van der Waals surface area contributed by atoms with Gasteiger partial charge in [0.1, 0.15) is 0 Å². The second-order valence-electron chi connectivity index (χ2n) is 19.6. The maximum absolute atomic E-state index is 2.59. The monoisotopic (exact) mass is 734 g/mol. The Balaban J connectivity index is 1.37. The maximum Gasteiger partial charge on any atom is 0.0715 e. The summed E-state index contributed by atoms with van der Waals surface area (Å²) < 4.78 is 0. The number of anilines is 4. The van der Waals surface area contributed by atoms with Crippen molar-refractivity contribution in [1.29, 1.82) is 0 Å². The van der Waals surface area contributed by atoms with Crippen LogP contribution in [0.4, 0.5) is 22.7 Å². The van der Waals surface area contributed by atoms with E-state index >= 15 is 0 Å². The molecule has 0 fully saturated rings. The minimum Gasteiger partial charge on any atom is -0.344 e. The van der Waals surface area contributed by atoms with Gasteiger partial charge in [0.2, 0.25) is 0 Å². The van der Waals surface area contributed by atoms with Gasteiger partial charge in [0.05, 0.1) is 5.41 Å². The lowest BCUT2D eigenvalue weighted by molar-refractivity contribution is 0.503. The van der Waals surface area contributed by atoms with E-state index < -0.39 is 5.41 Å². The van der Waals surface area contributed by atoms with Gasteiger partial charge in [-0.1, -0.05) is 154 Å². The first-order valence-electron chi connectivity index (χ1n) is 20.7. The number of fused-ring (bicyclic) bond motifs is 7. The number of nitrogens with zero attached hydrogens (tertiary/aromatic N) is 2. The summed E-state index contributed by atoms with van der Waals surface area (Å²) >= 11 is 0.